The number of nitrogens with one attached hydrogen (secondary N) is 1. The second kappa shape index (κ2) is 6.31. The quantitative estimate of drug-likeness (QED) is 0.762. The highest BCUT2D eigenvalue weighted by Gasteiger charge is 2.22. The number of sulfonamides is 1. The van der Waals surface area contributed by atoms with Gasteiger partial charge in [-0.15, -0.1) is 0 Å². The molecule has 1 unspecified atom stereocenters. The van der Waals surface area contributed by atoms with Gasteiger partial charge in [-0.25, -0.2) is 13.1 Å². The molecule has 0 saturated heterocycles. The first-order chi connectivity index (χ1) is 8.40. The topological polar surface area (TPSA) is 84.2 Å². The molecular formula is C11H21N3O3S. The molecule has 1 atom stereocenters. The highest BCUT2D eigenvalue weighted by atomic mass is 32.2. The Morgan fingerprint density at radius 1 is 1.50 bits per heavy atom. The van der Waals surface area contributed by atoms with E-state index in [1.807, 2.05) is 20.8 Å². The van der Waals surface area contributed by atoms with Crippen molar-refractivity contribution in [2.75, 3.05) is 6.61 Å². The van der Waals surface area contributed by atoms with Gasteiger partial charge in [0, 0.05) is 12.2 Å². The average molecular weight is 275 g/mol. The van der Waals surface area contributed by atoms with Gasteiger partial charge in [-0.3, -0.25) is 4.68 Å². The van der Waals surface area contributed by atoms with Gasteiger partial charge in [0.15, 0.2) is 0 Å². The lowest BCUT2D eigenvalue weighted by Gasteiger charge is -2.19. The molecule has 6 nitrogen and oxygen atoms in total. The molecule has 0 aliphatic rings. The summed E-state index contributed by atoms with van der Waals surface area (Å²) in [5, 5.41) is 12.6. The number of rotatable bonds is 7. The number of nitrogens with zero attached hydrogens (tertiary/aromatic N) is 2. The normalized spacial score (nSPS) is 14.1. The van der Waals surface area contributed by atoms with Gasteiger partial charge in [0.25, 0.3) is 0 Å². The van der Waals surface area contributed by atoms with Crippen molar-refractivity contribution in [1.29, 1.82) is 0 Å². The first-order valence-electron chi connectivity index (χ1n) is 6.06. The molecule has 1 aromatic rings. The van der Waals surface area contributed by atoms with Crippen LogP contribution in [0.4, 0.5) is 0 Å². The Balaban J connectivity index is 2.85. The highest BCUT2D eigenvalue weighted by molar-refractivity contribution is 7.89. The van der Waals surface area contributed by atoms with E-state index >= 15 is 0 Å². The predicted octanol–water partition coefficient (Wildman–Crippen LogP) is 0.588. The van der Waals surface area contributed by atoms with E-state index in [0.717, 1.165) is 6.42 Å². The van der Waals surface area contributed by atoms with Crippen LogP contribution >= 0.6 is 0 Å². The van der Waals surface area contributed by atoms with Crippen molar-refractivity contribution in [2.24, 2.45) is 5.92 Å². The first-order valence-corrected chi connectivity index (χ1v) is 7.54. The molecule has 18 heavy (non-hydrogen) atoms. The molecule has 0 fully saturated rings. The summed E-state index contributed by atoms with van der Waals surface area (Å²) >= 11 is 0. The molecule has 104 valence electrons. The zero-order valence-electron chi connectivity index (χ0n) is 11.0. The highest BCUT2D eigenvalue weighted by Crippen LogP contribution is 2.12. The monoisotopic (exact) mass is 275 g/mol. The maximum absolute atomic E-state index is 12.1. The van der Waals surface area contributed by atoms with Crippen LogP contribution in [0.1, 0.15) is 27.2 Å². The lowest BCUT2D eigenvalue weighted by Crippen LogP contribution is -2.37. The maximum atomic E-state index is 12.1. The second-order valence-electron chi connectivity index (χ2n) is 4.54. The van der Waals surface area contributed by atoms with E-state index < -0.39 is 10.0 Å². The van der Waals surface area contributed by atoms with E-state index in [9.17, 15) is 8.42 Å². The molecule has 0 bridgehead atoms. The molecule has 0 spiro atoms. The summed E-state index contributed by atoms with van der Waals surface area (Å²) in [6.07, 6.45) is 3.46. The van der Waals surface area contributed by atoms with Crippen LogP contribution < -0.4 is 4.72 Å². The number of hydrogen-bond acceptors (Lipinski definition) is 4. The summed E-state index contributed by atoms with van der Waals surface area (Å²) in [6, 6.07) is -0.0869. The lowest BCUT2D eigenvalue weighted by atomic mass is 10.0. The molecule has 7 heteroatoms. The fourth-order valence-electron chi connectivity index (χ4n) is 1.67. The minimum Gasteiger partial charge on any atom is -0.394 e. The number of aliphatic hydroxyl groups excluding tert-OH is 1. The van der Waals surface area contributed by atoms with Crippen molar-refractivity contribution < 1.29 is 13.5 Å². The maximum Gasteiger partial charge on any atom is 0.243 e. The largest absolute Gasteiger partial charge is 0.394 e. The van der Waals surface area contributed by atoms with Crippen LogP contribution in [0.5, 0.6) is 0 Å². The molecular weight excluding hydrogens is 254 g/mol. The third-order valence-corrected chi connectivity index (χ3v) is 4.24. The van der Waals surface area contributed by atoms with E-state index in [1.165, 1.54) is 17.1 Å². The Hall–Kier alpha value is -0.920. The summed E-state index contributed by atoms with van der Waals surface area (Å²) in [6.45, 7) is 6.12. The van der Waals surface area contributed by atoms with Crippen molar-refractivity contribution in [3.8, 4) is 0 Å². The van der Waals surface area contributed by atoms with Crippen molar-refractivity contribution in [1.82, 2.24) is 14.5 Å². The summed E-state index contributed by atoms with van der Waals surface area (Å²) in [4.78, 5) is 0.134. The van der Waals surface area contributed by atoms with Crippen molar-refractivity contribution >= 4 is 10.0 Å². The molecule has 2 N–H and O–H groups in total. The minimum atomic E-state index is -3.53. The Labute approximate surface area is 108 Å². The van der Waals surface area contributed by atoms with Gasteiger partial charge in [0.1, 0.15) is 4.90 Å². The van der Waals surface area contributed by atoms with E-state index in [2.05, 4.69) is 9.82 Å². The Kier molecular flexibility index (Phi) is 5.30. The summed E-state index contributed by atoms with van der Waals surface area (Å²) in [7, 11) is -3.53. The van der Waals surface area contributed by atoms with Crippen molar-refractivity contribution in [2.45, 2.75) is 44.7 Å². The van der Waals surface area contributed by atoms with Crippen LogP contribution in [0.2, 0.25) is 0 Å². The third kappa shape index (κ3) is 3.79. The van der Waals surface area contributed by atoms with Gasteiger partial charge in [-0.1, -0.05) is 20.8 Å². The number of hydrogen-bond donors (Lipinski definition) is 2. The standard InChI is InChI=1S/C11H21N3O3S/c1-4-11(9(2)3)13-18(16,17)10-7-12-14(8-10)5-6-15/h7-9,11,13,15H,4-6H2,1-3H3. The van der Waals surface area contributed by atoms with Gasteiger partial charge >= 0.3 is 0 Å². The third-order valence-electron chi connectivity index (χ3n) is 2.80. The fourth-order valence-corrected chi connectivity index (χ4v) is 3.09. The molecule has 0 radical (unpaired) electrons. The molecule has 1 heterocycles. The van der Waals surface area contributed by atoms with Crippen molar-refractivity contribution in [3.05, 3.63) is 12.4 Å². The van der Waals surface area contributed by atoms with Crippen molar-refractivity contribution in [3.63, 3.8) is 0 Å². The second-order valence-corrected chi connectivity index (χ2v) is 6.26. The van der Waals surface area contributed by atoms with Crippen LogP contribution in [-0.2, 0) is 16.6 Å². The Morgan fingerprint density at radius 2 is 2.17 bits per heavy atom. The number of aromatic nitrogens is 2. The summed E-state index contributed by atoms with van der Waals surface area (Å²) in [5.74, 6) is 0.234. The van der Waals surface area contributed by atoms with Crippen LogP contribution in [0.3, 0.4) is 0 Å². The first kappa shape index (κ1) is 15.1. The van der Waals surface area contributed by atoms with Crippen LogP contribution in [0, 0.1) is 5.92 Å². The Morgan fingerprint density at radius 3 is 2.67 bits per heavy atom. The van der Waals surface area contributed by atoms with E-state index in [4.69, 9.17) is 5.11 Å². The summed E-state index contributed by atoms with van der Waals surface area (Å²) < 4.78 is 28.3. The Bertz CT molecular complexity index is 468. The summed E-state index contributed by atoms with van der Waals surface area (Å²) in [5.41, 5.74) is 0. The minimum absolute atomic E-state index is 0.0713. The van der Waals surface area contributed by atoms with Crippen LogP contribution in [-0.4, -0.2) is 36.0 Å². The molecule has 1 aromatic heterocycles. The molecule has 0 aliphatic heterocycles. The van der Waals surface area contributed by atoms with E-state index in [1.54, 1.807) is 0 Å². The smallest absolute Gasteiger partial charge is 0.243 e. The molecule has 0 aromatic carbocycles. The van der Waals surface area contributed by atoms with Gasteiger partial charge in [-0.2, -0.15) is 5.10 Å². The SMILES string of the molecule is CCC(NS(=O)(=O)c1cnn(CCO)c1)C(C)C. The molecule has 0 aliphatic carbocycles. The lowest BCUT2D eigenvalue weighted by molar-refractivity contribution is 0.269. The molecule has 1 rings (SSSR count). The van der Waals surface area contributed by atoms with E-state index in [0.29, 0.717) is 0 Å². The zero-order valence-corrected chi connectivity index (χ0v) is 11.8. The number of aliphatic hydroxyl groups is 1. The van der Waals surface area contributed by atoms with Crippen LogP contribution in [0.25, 0.3) is 0 Å². The van der Waals surface area contributed by atoms with Gasteiger partial charge in [0.2, 0.25) is 10.0 Å². The predicted molar refractivity (Wildman–Crippen MR) is 68.6 cm³/mol. The fraction of sp³-hybridized carbons (Fsp3) is 0.727. The average Bonchev–Trinajstić information content (AvgIpc) is 2.75. The zero-order chi connectivity index (χ0) is 13.8. The van der Waals surface area contributed by atoms with Gasteiger partial charge in [-0.05, 0) is 12.3 Å². The molecule has 0 amide bonds. The van der Waals surface area contributed by atoms with Crippen LogP contribution in [0.15, 0.2) is 17.3 Å². The molecule has 0 saturated carbocycles. The van der Waals surface area contributed by atoms with E-state index in [-0.39, 0.29) is 30.0 Å². The van der Waals surface area contributed by atoms with Gasteiger partial charge < -0.3 is 5.11 Å². The van der Waals surface area contributed by atoms with Gasteiger partial charge in [0.05, 0.1) is 19.3 Å².